The monoisotopic (exact) mass is 301 g/mol. The van der Waals surface area contributed by atoms with Crippen LogP contribution in [0.3, 0.4) is 0 Å². The van der Waals surface area contributed by atoms with Gasteiger partial charge in [0, 0.05) is 22.8 Å². The molecule has 0 radical (unpaired) electrons. The van der Waals surface area contributed by atoms with E-state index in [9.17, 15) is 4.21 Å². The summed E-state index contributed by atoms with van der Waals surface area (Å²) in [6, 6.07) is 11.9. The molecule has 1 aliphatic rings. The normalized spacial score (nSPS) is 14.5. The van der Waals surface area contributed by atoms with Crippen LogP contribution in [0.4, 0.5) is 5.69 Å². The number of fused-ring (bicyclic) bond motifs is 1. The van der Waals surface area contributed by atoms with E-state index in [0.717, 1.165) is 41.3 Å². The molecule has 1 unspecified atom stereocenters. The molecule has 0 saturated carbocycles. The van der Waals surface area contributed by atoms with Crippen molar-refractivity contribution in [2.24, 2.45) is 0 Å². The molecule has 2 aromatic rings. The van der Waals surface area contributed by atoms with Crippen LogP contribution < -0.4 is 10.5 Å². The molecule has 0 bridgehead atoms. The van der Waals surface area contributed by atoms with Gasteiger partial charge in [-0.1, -0.05) is 12.1 Å². The zero-order chi connectivity index (χ0) is 14.8. The minimum absolute atomic E-state index is 0.628. The Bertz CT molecular complexity index is 697. The fourth-order valence-electron chi connectivity index (χ4n) is 2.51. The largest absolute Gasteiger partial charge is 0.493 e. The first kappa shape index (κ1) is 14.1. The van der Waals surface area contributed by atoms with Crippen LogP contribution >= 0.6 is 0 Å². The van der Waals surface area contributed by atoms with Crippen molar-refractivity contribution in [3.05, 3.63) is 53.1 Å². The van der Waals surface area contributed by atoms with Crippen LogP contribution in [0.25, 0.3) is 0 Å². The first-order valence-corrected chi connectivity index (χ1v) is 8.44. The molecule has 0 aliphatic carbocycles. The Morgan fingerprint density at radius 3 is 2.90 bits per heavy atom. The zero-order valence-electron chi connectivity index (χ0n) is 12.1. The van der Waals surface area contributed by atoms with Gasteiger partial charge in [0.25, 0.3) is 0 Å². The summed E-state index contributed by atoms with van der Waals surface area (Å²) in [5, 5.41) is 0. The second-order valence-corrected chi connectivity index (χ2v) is 6.93. The van der Waals surface area contributed by atoms with Gasteiger partial charge in [-0.25, -0.2) is 0 Å². The van der Waals surface area contributed by atoms with Gasteiger partial charge in [-0.2, -0.15) is 0 Å². The number of rotatable bonds is 4. The number of ether oxygens (including phenoxy) is 1. The van der Waals surface area contributed by atoms with Crippen molar-refractivity contribution in [3.8, 4) is 5.75 Å². The molecule has 0 saturated heterocycles. The summed E-state index contributed by atoms with van der Waals surface area (Å²) in [6.45, 7) is 2.71. The molecule has 110 valence electrons. The summed E-state index contributed by atoms with van der Waals surface area (Å²) in [4.78, 5) is 0.853. The lowest BCUT2D eigenvalue weighted by atomic mass is 10.1. The number of aryl methyl sites for hydroxylation is 2. The van der Waals surface area contributed by atoms with Crippen molar-refractivity contribution in [1.82, 2.24) is 0 Å². The molecular formula is C17H19NO2S. The summed E-state index contributed by atoms with van der Waals surface area (Å²) < 4.78 is 17.9. The van der Waals surface area contributed by atoms with Gasteiger partial charge in [-0.05, 0) is 54.3 Å². The van der Waals surface area contributed by atoms with Gasteiger partial charge in [0.1, 0.15) is 5.75 Å². The van der Waals surface area contributed by atoms with E-state index >= 15 is 0 Å². The van der Waals surface area contributed by atoms with Crippen molar-refractivity contribution in [2.75, 3.05) is 18.1 Å². The lowest BCUT2D eigenvalue weighted by Gasteiger charge is -2.07. The standard InChI is InChI=1S/C17H19NO2S/c1-12-10-15(3-4-16(12)18)21(19)9-7-13-2-5-17-14(11-13)6-8-20-17/h2-5,10-11H,6-9,18H2,1H3. The molecule has 1 atom stereocenters. The molecule has 2 N–H and O–H groups in total. The highest BCUT2D eigenvalue weighted by Gasteiger charge is 2.12. The van der Waals surface area contributed by atoms with E-state index in [1.165, 1.54) is 11.1 Å². The second-order valence-electron chi connectivity index (χ2n) is 5.36. The van der Waals surface area contributed by atoms with Crippen LogP contribution in [0.1, 0.15) is 16.7 Å². The molecule has 0 amide bonds. The Morgan fingerprint density at radius 1 is 1.24 bits per heavy atom. The van der Waals surface area contributed by atoms with E-state index in [1.54, 1.807) is 0 Å². The molecule has 0 aromatic heterocycles. The van der Waals surface area contributed by atoms with Gasteiger partial charge in [-0.3, -0.25) is 4.21 Å². The minimum atomic E-state index is -0.988. The summed E-state index contributed by atoms with van der Waals surface area (Å²) in [5.74, 6) is 1.62. The minimum Gasteiger partial charge on any atom is -0.493 e. The third kappa shape index (κ3) is 3.10. The number of benzene rings is 2. The van der Waals surface area contributed by atoms with E-state index in [4.69, 9.17) is 10.5 Å². The third-order valence-corrected chi connectivity index (χ3v) is 5.19. The Balaban J connectivity index is 1.67. The van der Waals surface area contributed by atoms with E-state index in [0.29, 0.717) is 5.75 Å². The van der Waals surface area contributed by atoms with Crippen LogP contribution in [0.5, 0.6) is 5.75 Å². The van der Waals surface area contributed by atoms with Crippen molar-refractivity contribution >= 4 is 16.5 Å². The number of hydrogen-bond acceptors (Lipinski definition) is 3. The van der Waals surface area contributed by atoms with E-state index < -0.39 is 10.8 Å². The SMILES string of the molecule is Cc1cc(S(=O)CCc2ccc3c(c2)CCO3)ccc1N. The van der Waals surface area contributed by atoms with Gasteiger partial charge in [0.2, 0.25) is 0 Å². The van der Waals surface area contributed by atoms with Gasteiger partial charge in [-0.15, -0.1) is 0 Å². The summed E-state index contributed by atoms with van der Waals surface area (Å²) in [6.07, 6.45) is 1.78. The van der Waals surface area contributed by atoms with E-state index in [-0.39, 0.29) is 0 Å². The third-order valence-electron chi connectivity index (χ3n) is 3.83. The summed E-state index contributed by atoms with van der Waals surface area (Å²) in [5.41, 5.74) is 10.0. The highest BCUT2D eigenvalue weighted by atomic mass is 32.2. The zero-order valence-corrected chi connectivity index (χ0v) is 12.9. The second kappa shape index (κ2) is 5.90. The van der Waals surface area contributed by atoms with E-state index in [1.807, 2.05) is 31.2 Å². The Labute approximate surface area is 127 Å². The topological polar surface area (TPSA) is 52.3 Å². The summed E-state index contributed by atoms with van der Waals surface area (Å²) >= 11 is 0. The molecule has 0 fully saturated rings. The number of anilines is 1. The Hall–Kier alpha value is -1.81. The van der Waals surface area contributed by atoms with Crippen LogP contribution in [0.2, 0.25) is 0 Å². The van der Waals surface area contributed by atoms with Crippen molar-refractivity contribution < 1.29 is 8.95 Å². The van der Waals surface area contributed by atoms with Crippen LogP contribution in [-0.4, -0.2) is 16.6 Å². The van der Waals surface area contributed by atoms with Crippen LogP contribution in [-0.2, 0) is 23.6 Å². The maximum absolute atomic E-state index is 12.4. The van der Waals surface area contributed by atoms with Gasteiger partial charge < -0.3 is 10.5 Å². The van der Waals surface area contributed by atoms with Gasteiger partial charge in [0.15, 0.2) is 0 Å². The Kier molecular flexibility index (Phi) is 3.97. The van der Waals surface area contributed by atoms with Crippen molar-refractivity contribution in [1.29, 1.82) is 0 Å². The highest BCUT2D eigenvalue weighted by molar-refractivity contribution is 7.85. The number of nitrogen functional groups attached to an aromatic ring is 1. The average Bonchev–Trinajstić information content (AvgIpc) is 2.95. The molecule has 1 aliphatic heterocycles. The molecule has 3 nitrogen and oxygen atoms in total. The fourth-order valence-corrected chi connectivity index (χ4v) is 3.70. The van der Waals surface area contributed by atoms with Gasteiger partial charge >= 0.3 is 0 Å². The number of hydrogen-bond donors (Lipinski definition) is 1. The Morgan fingerprint density at radius 2 is 2.10 bits per heavy atom. The predicted molar refractivity (Wildman–Crippen MR) is 86.2 cm³/mol. The molecule has 2 aromatic carbocycles. The van der Waals surface area contributed by atoms with Crippen LogP contribution in [0, 0.1) is 6.92 Å². The lowest BCUT2D eigenvalue weighted by molar-refractivity contribution is 0.357. The molecular weight excluding hydrogens is 282 g/mol. The summed E-state index contributed by atoms with van der Waals surface area (Å²) in [7, 11) is -0.988. The maximum atomic E-state index is 12.4. The van der Waals surface area contributed by atoms with Crippen molar-refractivity contribution in [3.63, 3.8) is 0 Å². The van der Waals surface area contributed by atoms with Crippen molar-refractivity contribution in [2.45, 2.75) is 24.7 Å². The van der Waals surface area contributed by atoms with Crippen LogP contribution in [0.15, 0.2) is 41.3 Å². The highest BCUT2D eigenvalue weighted by Crippen LogP contribution is 2.26. The first-order valence-electron chi connectivity index (χ1n) is 7.12. The molecule has 21 heavy (non-hydrogen) atoms. The maximum Gasteiger partial charge on any atom is 0.122 e. The molecule has 3 rings (SSSR count). The van der Waals surface area contributed by atoms with Gasteiger partial charge in [0.05, 0.1) is 17.4 Å². The average molecular weight is 301 g/mol. The smallest absolute Gasteiger partial charge is 0.122 e. The first-order chi connectivity index (χ1) is 10.1. The quantitative estimate of drug-likeness (QED) is 0.884. The molecule has 0 spiro atoms. The lowest BCUT2D eigenvalue weighted by Crippen LogP contribution is -2.03. The molecule has 4 heteroatoms. The van der Waals surface area contributed by atoms with E-state index in [2.05, 4.69) is 12.1 Å². The fraction of sp³-hybridized carbons (Fsp3) is 0.294. The predicted octanol–water partition coefficient (Wildman–Crippen LogP) is 2.86. The number of nitrogens with two attached hydrogens (primary N) is 1. The molecule has 1 heterocycles.